The molecule has 0 aromatic carbocycles. The van der Waals surface area contributed by atoms with Crippen molar-refractivity contribution in [1.29, 1.82) is 5.41 Å². The van der Waals surface area contributed by atoms with Gasteiger partial charge in [-0.05, 0) is 32.6 Å². The van der Waals surface area contributed by atoms with Gasteiger partial charge in [0.1, 0.15) is 6.61 Å². The van der Waals surface area contributed by atoms with Crippen LogP contribution in [0.5, 0.6) is 0 Å². The van der Waals surface area contributed by atoms with Crippen molar-refractivity contribution in [2.45, 2.75) is 57.7 Å². The van der Waals surface area contributed by atoms with Crippen LogP contribution < -0.4 is 0 Å². The molecule has 0 aromatic heterocycles. The minimum atomic E-state index is -1.94. The van der Waals surface area contributed by atoms with E-state index in [4.69, 9.17) is 54.4 Å². The molecule has 0 aliphatic carbocycles. The average Bonchev–Trinajstić information content (AvgIpc) is 2.44. The van der Waals surface area contributed by atoms with Crippen molar-refractivity contribution in [2.75, 3.05) is 6.61 Å². The molecule has 1 fully saturated rings. The molecule has 1 heterocycles. The average molecular weight is 403 g/mol. The van der Waals surface area contributed by atoms with Gasteiger partial charge in [0, 0.05) is 5.92 Å². The lowest BCUT2D eigenvalue weighted by atomic mass is 9.79. The molecule has 5 nitrogen and oxygen atoms in total. The van der Waals surface area contributed by atoms with Crippen LogP contribution in [0.4, 0.5) is 0 Å². The zero-order valence-corrected chi connectivity index (χ0v) is 17.1. The summed E-state index contributed by atoms with van der Waals surface area (Å²) in [5.41, 5.74) is -0.579. The summed E-state index contributed by atoms with van der Waals surface area (Å²) in [7, 11) is 0. The van der Waals surface area contributed by atoms with E-state index in [1.807, 2.05) is 13.8 Å². The van der Waals surface area contributed by atoms with E-state index in [1.54, 1.807) is 20.8 Å². The minimum Gasteiger partial charge on any atom is -0.463 e. The van der Waals surface area contributed by atoms with Crippen LogP contribution in [-0.4, -0.2) is 34.7 Å². The lowest BCUT2D eigenvalue weighted by Gasteiger charge is -2.43. The normalized spacial score (nSPS) is 31.5. The number of hydrogen-bond donors (Lipinski definition) is 1. The second-order valence-corrected chi connectivity index (χ2v) is 9.69. The van der Waals surface area contributed by atoms with Gasteiger partial charge < -0.3 is 14.2 Å². The molecule has 0 bridgehead atoms. The predicted octanol–water partition coefficient (Wildman–Crippen LogP) is 4.57. The number of halogens is 3. The third kappa shape index (κ3) is 5.65. The van der Waals surface area contributed by atoms with Crippen LogP contribution >= 0.6 is 34.8 Å². The Labute approximate surface area is 158 Å². The minimum absolute atomic E-state index is 0.0118. The van der Waals surface area contributed by atoms with Crippen molar-refractivity contribution in [3.63, 3.8) is 0 Å². The Hall–Kier alpha value is -0.230. The van der Waals surface area contributed by atoms with Gasteiger partial charge in [0.25, 0.3) is 3.79 Å². The molecule has 1 aliphatic heterocycles. The maximum Gasteiger partial charge on any atom is 0.311 e. The first-order valence-electron chi connectivity index (χ1n) is 7.90. The summed E-state index contributed by atoms with van der Waals surface area (Å²) >= 11 is 17.0. The third-order valence-corrected chi connectivity index (χ3v) is 4.98. The number of hydrogen-bond acceptors (Lipinski definition) is 5. The van der Waals surface area contributed by atoms with Gasteiger partial charge in [-0.25, -0.2) is 0 Å². The van der Waals surface area contributed by atoms with E-state index < -0.39 is 21.4 Å². The lowest BCUT2D eigenvalue weighted by molar-refractivity contribution is -0.230. The standard InChI is InChI=1S/C16H26Cl3NO4/c1-8-9(2)11(7-22-14(21)15(4,5)6)23-12(10(8)3)24-13(20)16(17,18)19/h8-12,20H,7H2,1-6H3/t8-,9-,10?,11?,12+/m0/s1. The summed E-state index contributed by atoms with van der Waals surface area (Å²) in [6, 6.07) is 0. The molecular weight excluding hydrogens is 377 g/mol. The fourth-order valence-corrected chi connectivity index (χ4v) is 2.50. The van der Waals surface area contributed by atoms with Crippen LogP contribution in [0, 0.1) is 28.6 Å². The quantitative estimate of drug-likeness (QED) is 0.325. The van der Waals surface area contributed by atoms with Crippen LogP contribution in [0.3, 0.4) is 0 Å². The molecule has 2 unspecified atom stereocenters. The van der Waals surface area contributed by atoms with Gasteiger partial charge in [0.15, 0.2) is 0 Å². The molecule has 1 N–H and O–H groups in total. The third-order valence-electron chi connectivity index (χ3n) is 4.47. The molecule has 0 radical (unpaired) electrons. The zero-order chi connectivity index (χ0) is 18.9. The SMILES string of the molecule is CC1[C@@H](OC(=N)C(Cl)(Cl)Cl)OC(COC(=O)C(C)(C)C)[C@@H](C)[C@@H]1C. The van der Waals surface area contributed by atoms with Crippen molar-refractivity contribution in [1.82, 2.24) is 0 Å². The number of nitrogens with one attached hydrogen (secondary N) is 1. The first kappa shape index (κ1) is 21.8. The predicted molar refractivity (Wildman–Crippen MR) is 95.7 cm³/mol. The number of carbonyl (C=O) groups is 1. The van der Waals surface area contributed by atoms with Gasteiger partial charge in [-0.1, -0.05) is 55.6 Å². The van der Waals surface area contributed by atoms with Crippen LogP contribution in [-0.2, 0) is 19.0 Å². The molecule has 1 rings (SSSR count). The summed E-state index contributed by atoms with van der Waals surface area (Å²) in [6.07, 6.45) is -1.09. The van der Waals surface area contributed by atoms with Crippen LogP contribution in [0.25, 0.3) is 0 Å². The molecule has 140 valence electrons. The Morgan fingerprint density at radius 3 is 2.08 bits per heavy atom. The summed E-state index contributed by atoms with van der Waals surface area (Å²) < 4.78 is 14.7. The molecule has 1 aliphatic rings. The summed E-state index contributed by atoms with van der Waals surface area (Å²) in [4.78, 5) is 12.0. The number of ether oxygens (including phenoxy) is 3. The highest BCUT2D eigenvalue weighted by Gasteiger charge is 2.43. The van der Waals surface area contributed by atoms with Crippen molar-refractivity contribution in [3.8, 4) is 0 Å². The van der Waals surface area contributed by atoms with Gasteiger partial charge in [-0.3, -0.25) is 10.2 Å². The van der Waals surface area contributed by atoms with E-state index in [2.05, 4.69) is 6.92 Å². The molecule has 24 heavy (non-hydrogen) atoms. The zero-order valence-electron chi connectivity index (χ0n) is 14.9. The first-order chi connectivity index (χ1) is 10.7. The molecule has 5 atom stereocenters. The van der Waals surface area contributed by atoms with E-state index in [1.165, 1.54) is 0 Å². The van der Waals surface area contributed by atoms with Gasteiger partial charge in [0.05, 0.1) is 11.5 Å². The smallest absolute Gasteiger partial charge is 0.311 e. The van der Waals surface area contributed by atoms with E-state index in [0.29, 0.717) is 0 Å². The van der Waals surface area contributed by atoms with E-state index in [0.717, 1.165) is 0 Å². The Kier molecular flexibility index (Phi) is 7.25. The van der Waals surface area contributed by atoms with Gasteiger partial charge in [0.2, 0.25) is 12.2 Å². The first-order valence-corrected chi connectivity index (χ1v) is 9.03. The van der Waals surface area contributed by atoms with Crippen molar-refractivity contribution < 1.29 is 19.0 Å². The molecule has 8 heteroatoms. The lowest BCUT2D eigenvalue weighted by Crippen LogP contribution is -2.49. The summed E-state index contributed by atoms with van der Waals surface area (Å²) in [5.74, 6) is -0.435. The monoisotopic (exact) mass is 401 g/mol. The summed E-state index contributed by atoms with van der Waals surface area (Å²) in [5, 5.41) is 7.72. The van der Waals surface area contributed by atoms with Crippen LogP contribution in [0.1, 0.15) is 41.5 Å². The van der Waals surface area contributed by atoms with E-state index in [-0.39, 0.29) is 36.4 Å². The van der Waals surface area contributed by atoms with Crippen molar-refractivity contribution >= 4 is 46.7 Å². The fourth-order valence-electron chi connectivity index (χ4n) is 2.37. The maximum absolute atomic E-state index is 12.0. The van der Waals surface area contributed by atoms with E-state index >= 15 is 0 Å². The van der Waals surface area contributed by atoms with Crippen molar-refractivity contribution in [3.05, 3.63) is 0 Å². The molecule has 0 amide bonds. The molecular formula is C16H26Cl3NO4. The topological polar surface area (TPSA) is 68.6 Å². The highest BCUT2D eigenvalue weighted by Crippen LogP contribution is 2.37. The largest absolute Gasteiger partial charge is 0.463 e. The Balaban J connectivity index is 2.76. The second kappa shape index (κ2) is 7.98. The van der Waals surface area contributed by atoms with E-state index in [9.17, 15) is 4.79 Å². The Bertz CT molecular complexity index is 471. The second-order valence-electron chi connectivity index (χ2n) is 7.41. The number of rotatable bonds is 3. The Morgan fingerprint density at radius 1 is 1.08 bits per heavy atom. The molecule has 0 spiro atoms. The number of carbonyl (C=O) groups excluding carboxylic acids is 1. The van der Waals surface area contributed by atoms with Gasteiger partial charge >= 0.3 is 5.97 Å². The molecule has 0 saturated carbocycles. The Morgan fingerprint density at radius 2 is 1.62 bits per heavy atom. The highest BCUT2D eigenvalue weighted by atomic mass is 35.6. The number of alkyl halides is 3. The fraction of sp³-hybridized carbons (Fsp3) is 0.875. The molecule has 1 saturated heterocycles. The van der Waals surface area contributed by atoms with Crippen molar-refractivity contribution in [2.24, 2.45) is 23.2 Å². The summed E-state index contributed by atoms with van der Waals surface area (Å²) in [6.45, 7) is 11.5. The highest BCUT2D eigenvalue weighted by molar-refractivity contribution is 6.76. The van der Waals surface area contributed by atoms with Crippen LogP contribution in [0.15, 0.2) is 0 Å². The van der Waals surface area contributed by atoms with Crippen LogP contribution in [0.2, 0.25) is 0 Å². The van der Waals surface area contributed by atoms with Gasteiger partial charge in [-0.15, -0.1) is 0 Å². The molecule has 0 aromatic rings. The van der Waals surface area contributed by atoms with Gasteiger partial charge in [-0.2, -0.15) is 0 Å². The maximum atomic E-state index is 12.0. The number of esters is 1.